The summed E-state index contributed by atoms with van der Waals surface area (Å²) in [7, 11) is 1.58. The van der Waals surface area contributed by atoms with Gasteiger partial charge in [0.05, 0.1) is 25.4 Å². The Hall–Kier alpha value is -3.44. The first kappa shape index (κ1) is 24.3. The number of nitrogens with zero attached hydrogens (tertiary/aromatic N) is 3. The number of hydrogen-bond acceptors (Lipinski definition) is 7. The number of carboxylic acids is 1. The summed E-state index contributed by atoms with van der Waals surface area (Å²) in [5.74, 6) is -0.557. The largest absolute Gasteiger partial charge is 0.497 e. The molecular formula is C25H24N4O5S2. The summed E-state index contributed by atoms with van der Waals surface area (Å²) in [5.41, 5.74) is 1.61. The maximum atomic E-state index is 12.9. The number of fused-ring (bicyclic) bond motifs is 1. The third kappa shape index (κ3) is 4.56. The lowest BCUT2D eigenvalue weighted by Crippen LogP contribution is -2.74. The van der Waals surface area contributed by atoms with E-state index in [9.17, 15) is 19.5 Å². The Labute approximate surface area is 216 Å². The van der Waals surface area contributed by atoms with Crippen molar-refractivity contribution in [1.29, 1.82) is 0 Å². The first-order valence-corrected chi connectivity index (χ1v) is 13.1. The summed E-state index contributed by atoms with van der Waals surface area (Å²) in [6, 6.07) is 17.8. The smallest absolute Gasteiger partial charge is 0.322 e. The predicted octanol–water partition coefficient (Wildman–Crippen LogP) is 2.44. The number of carboxylic acid groups (broad SMARTS) is 1. The van der Waals surface area contributed by atoms with Crippen LogP contribution in [0.2, 0.25) is 0 Å². The van der Waals surface area contributed by atoms with E-state index >= 15 is 0 Å². The number of aliphatic carboxylic acids is 1. The maximum Gasteiger partial charge on any atom is 0.322 e. The summed E-state index contributed by atoms with van der Waals surface area (Å²) in [5, 5.41) is 17.8. The minimum Gasteiger partial charge on any atom is -0.497 e. The summed E-state index contributed by atoms with van der Waals surface area (Å²) in [6.07, 6.45) is 1.80. The number of amides is 2. The summed E-state index contributed by atoms with van der Waals surface area (Å²) in [4.78, 5) is 39.5. The second-order valence-corrected chi connectivity index (χ2v) is 11.1. The molecule has 3 aromatic rings. The molecule has 2 saturated heterocycles. The number of ether oxygens (including phenoxy) is 1. The van der Waals surface area contributed by atoms with E-state index in [1.807, 2.05) is 54.6 Å². The van der Waals surface area contributed by atoms with Crippen LogP contribution >= 0.6 is 23.5 Å². The molecule has 2 aliphatic rings. The van der Waals surface area contributed by atoms with Crippen LogP contribution in [0, 0.1) is 0 Å². The number of carbonyl (C=O) groups excluding carboxylic acids is 2. The average molecular weight is 525 g/mol. The molecule has 2 amide bonds. The van der Waals surface area contributed by atoms with Crippen LogP contribution in [-0.4, -0.2) is 73.1 Å². The zero-order chi connectivity index (χ0) is 25.3. The maximum absolute atomic E-state index is 12.9. The van der Waals surface area contributed by atoms with Gasteiger partial charge in [0.25, 0.3) is 0 Å². The summed E-state index contributed by atoms with van der Waals surface area (Å²) < 4.78 is 5.71. The highest BCUT2D eigenvalue weighted by atomic mass is 32.2. The Balaban J connectivity index is 1.29. The lowest BCUT2D eigenvalue weighted by Gasteiger charge is -2.53. The van der Waals surface area contributed by atoms with Gasteiger partial charge in [-0.25, -0.2) is 4.68 Å². The Kier molecular flexibility index (Phi) is 6.67. The molecule has 0 aliphatic carbocycles. The van der Waals surface area contributed by atoms with Crippen LogP contribution in [0.3, 0.4) is 0 Å². The second-order valence-electron chi connectivity index (χ2n) is 8.56. The molecule has 0 spiro atoms. The number of benzene rings is 2. The fourth-order valence-corrected chi connectivity index (χ4v) is 7.19. The number of thioether (sulfide) groups is 2. The molecule has 2 aliphatic heterocycles. The fourth-order valence-electron chi connectivity index (χ4n) is 4.30. The van der Waals surface area contributed by atoms with Gasteiger partial charge in [0.15, 0.2) is 0 Å². The van der Waals surface area contributed by atoms with Crippen molar-refractivity contribution < 1.29 is 24.2 Å². The van der Waals surface area contributed by atoms with Crippen molar-refractivity contribution in [3.05, 3.63) is 72.4 Å². The van der Waals surface area contributed by atoms with Gasteiger partial charge in [-0.05, 0) is 23.8 Å². The standard InChI is InChI=1S/C25H24N4O5S2/c1-34-18-9-5-8-17(13-18)29-20(10-11-26-29)36-25(24(32)33)14-28-22(31)21(23(28)35-15-25)27-19(30)12-16-6-3-2-4-7-16/h2-11,13,21,23H,12,14-15H2,1H3,(H,27,30)(H,32,33)/t21-,23-,25?/m1/s1. The van der Waals surface area contributed by atoms with Crippen molar-refractivity contribution in [2.45, 2.75) is 27.6 Å². The van der Waals surface area contributed by atoms with Crippen molar-refractivity contribution >= 4 is 41.3 Å². The minimum absolute atomic E-state index is 0.0395. The highest BCUT2D eigenvalue weighted by molar-refractivity contribution is 8.05. The normalized spacial score (nSPS) is 22.9. The lowest BCUT2D eigenvalue weighted by atomic mass is 10.0. The number of β-lactam (4-membered cyclic amide) rings is 1. The van der Waals surface area contributed by atoms with Gasteiger partial charge < -0.3 is 20.1 Å². The highest BCUT2D eigenvalue weighted by Gasteiger charge is 2.58. The van der Waals surface area contributed by atoms with Crippen LogP contribution in [0.25, 0.3) is 5.69 Å². The first-order valence-electron chi connectivity index (χ1n) is 11.3. The van der Waals surface area contributed by atoms with Crippen LogP contribution < -0.4 is 10.1 Å². The van der Waals surface area contributed by atoms with Crippen molar-refractivity contribution in [2.75, 3.05) is 19.4 Å². The number of carbonyl (C=O) groups is 3. The van der Waals surface area contributed by atoms with E-state index < -0.39 is 16.8 Å². The van der Waals surface area contributed by atoms with Crippen molar-refractivity contribution in [1.82, 2.24) is 20.0 Å². The van der Waals surface area contributed by atoms with Gasteiger partial charge in [-0.15, -0.1) is 11.8 Å². The summed E-state index contributed by atoms with van der Waals surface area (Å²) >= 11 is 2.56. The van der Waals surface area contributed by atoms with E-state index in [1.54, 1.807) is 29.0 Å². The molecule has 186 valence electrons. The SMILES string of the molecule is COc1cccc(-n2nccc2SC2(C(=O)O)CS[C@@H]3[C@H](NC(=O)Cc4ccccc4)C(=O)N3C2)c1. The van der Waals surface area contributed by atoms with Crippen LogP contribution in [0.15, 0.2) is 71.9 Å². The number of methoxy groups -OCH3 is 1. The topological polar surface area (TPSA) is 114 Å². The molecule has 11 heteroatoms. The molecule has 3 heterocycles. The molecule has 0 bridgehead atoms. The van der Waals surface area contributed by atoms with E-state index in [0.29, 0.717) is 10.8 Å². The van der Waals surface area contributed by atoms with Gasteiger partial charge in [0.2, 0.25) is 11.8 Å². The zero-order valence-corrected chi connectivity index (χ0v) is 21.0. The molecule has 1 unspecified atom stereocenters. The molecule has 5 rings (SSSR count). The highest BCUT2D eigenvalue weighted by Crippen LogP contribution is 2.46. The zero-order valence-electron chi connectivity index (χ0n) is 19.4. The molecule has 0 radical (unpaired) electrons. The number of hydrogen-bond donors (Lipinski definition) is 2. The molecule has 9 nitrogen and oxygen atoms in total. The molecule has 0 saturated carbocycles. The van der Waals surface area contributed by atoms with Crippen molar-refractivity contribution in [3.8, 4) is 11.4 Å². The van der Waals surface area contributed by atoms with E-state index in [1.165, 1.54) is 23.5 Å². The van der Waals surface area contributed by atoms with Crippen LogP contribution in [0.1, 0.15) is 5.56 Å². The Morgan fingerprint density at radius 1 is 1.22 bits per heavy atom. The van der Waals surface area contributed by atoms with Crippen LogP contribution in [-0.2, 0) is 20.8 Å². The van der Waals surface area contributed by atoms with Crippen LogP contribution in [0.4, 0.5) is 0 Å². The molecule has 36 heavy (non-hydrogen) atoms. The summed E-state index contributed by atoms with van der Waals surface area (Å²) in [6.45, 7) is 0.0395. The van der Waals surface area contributed by atoms with E-state index in [4.69, 9.17) is 4.74 Å². The molecule has 1 aromatic heterocycles. The Morgan fingerprint density at radius 2 is 2.03 bits per heavy atom. The average Bonchev–Trinajstić information content (AvgIpc) is 3.35. The number of rotatable bonds is 8. The van der Waals surface area contributed by atoms with Crippen molar-refractivity contribution in [2.24, 2.45) is 0 Å². The second kappa shape index (κ2) is 9.90. The number of aromatic nitrogens is 2. The van der Waals surface area contributed by atoms with Gasteiger partial charge in [-0.3, -0.25) is 14.4 Å². The molecule has 2 fully saturated rings. The Morgan fingerprint density at radius 3 is 2.78 bits per heavy atom. The van der Waals surface area contributed by atoms with Gasteiger partial charge in [-0.2, -0.15) is 5.10 Å². The van der Waals surface area contributed by atoms with Gasteiger partial charge in [0, 0.05) is 18.4 Å². The fraction of sp³-hybridized carbons (Fsp3) is 0.280. The van der Waals surface area contributed by atoms with E-state index in [0.717, 1.165) is 11.3 Å². The monoisotopic (exact) mass is 524 g/mol. The van der Waals surface area contributed by atoms with Gasteiger partial charge in [0.1, 0.15) is 26.9 Å². The lowest BCUT2D eigenvalue weighted by molar-refractivity contribution is -0.152. The number of nitrogens with one attached hydrogen (secondary N) is 1. The molecule has 2 aromatic carbocycles. The van der Waals surface area contributed by atoms with E-state index in [-0.39, 0.29) is 35.9 Å². The predicted molar refractivity (Wildman–Crippen MR) is 136 cm³/mol. The third-order valence-corrected chi connectivity index (χ3v) is 9.24. The molecule has 2 N–H and O–H groups in total. The van der Waals surface area contributed by atoms with Gasteiger partial charge in [-0.1, -0.05) is 48.2 Å². The Bertz CT molecular complexity index is 1300. The first-order chi connectivity index (χ1) is 17.4. The van der Waals surface area contributed by atoms with E-state index in [2.05, 4.69) is 10.4 Å². The molecule has 3 atom stereocenters. The molecular weight excluding hydrogens is 500 g/mol. The minimum atomic E-state index is -1.26. The quantitative estimate of drug-likeness (QED) is 0.432. The van der Waals surface area contributed by atoms with Gasteiger partial charge >= 0.3 is 5.97 Å². The third-order valence-electron chi connectivity index (χ3n) is 6.17. The van der Waals surface area contributed by atoms with Crippen molar-refractivity contribution in [3.63, 3.8) is 0 Å². The van der Waals surface area contributed by atoms with Crippen LogP contribution in [0.5, 0.6) is 5.75 Å².